The van der Waals surface area contributed by atoms with Crippen LogP contribution in [-0.2, 0) is 0 Å². The molecular formula is C16H22FNO. The summed E-state index contributed by atoms with van der Waals surface area (Å²) in [5, 5.41) is 0. The minimum Gasteiger partial charge on any atom is -0.306 e. The highest BCUT2D eigenvalue weighted by Gasteiger charge is 2.19. The second-order valence-corrected chi connectivity index (χ2v) is 5.70. The summed E-state index contributed by atoms with van der Waals surface area (Å²) in [6.45, 7) is 3.54. The molecule has 0 saturated heterocycles. The molecule has 0 aliphatic heterocycles. The molecule has 19 heavy (non-hydrogen) atoms. The van der Waals surface area contributed by atoms with Gasteiger partial charge in [-0.05, 0) is 44.4 Å². The highest BCUT2D eigenvalue weighted by molar-refractivity contribution is 5.96. The molecule has 0 spiro atoms. The van der Waals surface area contributed by atoms with Crippen molar-refractivity contribution in [1.82, 2.24) is 4.90 Å². The second-order valence-electron chi connectivity index (χ2n) is 5.70. The van der Waals surface area contributed by atoms with Crippen LogP contribution in [0.2, 0.25) is 0 Å². The lowest BCUT2D eigenvalue weighted by atomic mass is 9.85. The number of hydrogen-bond donors (Lipinski definition) is 0. The van der Waals surface area contributed by atoms with E-state index >= 15 is 0 Å². The maximum Gasteiger partial charge on any atom is 0.164 e. The largest absolute Gasteiger partial charge is 0.306 e. The van der Waals surface area contributed by atoms with Crippen LogP contribution in [0.15, 0.2) is 18.2 Å². The van der Waals surface area contributed by atoms with Gasteiger partial charge in [-0.25, -0.2) is 4.39 Å². The van der Waals surface area contributed by atoms with E-state index in [2.05, 4.69) is 11.9 Å². The molecule has 1 fully saturated rings. The van der Waals surface area contributed by atoms with Gasteiger partial charge in [-0.1, -0.05) is 18.6 Å². The molecule has 1 aliphatic carbocycles. The third-order valence-electron chi connectivity index (χ3n) is 4.01. The SMILES string of the molecule is Cc1ccc(C(=O)CCN(C)CC2CCC2)cc1F. The number of benzene rings is 1. The summed E-state index contributed by atoms with van der Waals surface area (Å²) in [6, 6.07) is 4.73. The van der Waals surface area contributed by atoms with Crippen molar-refractivity contribution >= 4 is 5.78 Å². The Balaban J connectivity index is 1.81. The standard InChI is InChI=1S/C16H22FNO/c1-12-6-7-14(10-15(12)17)16(19)8-9-18(2)11-13-4-3-5-13/h6-7,10,13H,3-5,8-9,11H2,1-2H3. The third kappa shape index (κ3) is 3.87. The Morgan fingerprint density at radius 3 is 2.74 bits per heavy atom. The first-order chi connectivity index (χ1) is 9.06. The fraction of sp³-hybridized carbons (Fsp3) is 0.562. The Hall–Kier alpha value is -1.22. The van der Waals surface area contributed by atoms with Gasteiger partial charge in [-0.15, -0.1) is 0 Å². The maximum absolute atomic E-state index is 13.4. The Labute approximate surface area is 114 Å². The average molecular weight is 263 g/mol. The lowest BCUT2D eigenvalue weighted by molar-refractivity contribution is 0.0961. The molecule has 0 atom stereocenters. The van der Waals surface area contributed by atoms with Crippen LogP contribution in [-0.4, -0.2) is 30.8 Å². The molecule has 0 N–H and O–H groups in total. The van der Waals surface area contributed by atoms with Crippen molar-refractivity contribution in [2.45, 2.75) is 32.6 Å². The van der Waals surface area contributed by atoms with Gasteiger partial charge < -0.3 is 4.90 Å². The fourth-order valence-electron chi connectivity index (χ4n) is 2.41. The Kier molecular flexibility index (Phi) is 4.70. The highest BCUT2D eigenvalue weighted by Crippen LogP contribution is 2.26. The normalized spacial score (nSPS) is 15.6. The zero-order valence-electron chi connectivity index (χ0n) is 11.8. The van der Waals surface area contributed by atoms with E-state index in [9.17, 15) is 9.18 Å². The smallest absolute Gasteiger partial charge is 0.164 e. The number of hydrogen-bond acceptors (Lipinski definition) is 2. The lowest BCUT2D eigenvalue weighted by Gasteiger charge is -2.29. The molecule has 0 amide bonds. The van der Waals surface area contributed by atoms with Crippen LogP contribution in [0.1, 0.15) is 41.6 Å². The number of halogens is 1. The van der Waals surface area contributed by atoms with Gasteiger partial charge in [0.2, 0.25) is 0 Å². The van der Waals surface area contributed by atoms with Crippen LogP contribution in [0.4, 0.5) is 4.39 Å². The molecule has 2 nitrogen and oxygen atoms in total. The Morgan fingerprint density at radius 2 is 2.16 bits per heavy atom. The molecule has 0 heterocycles. The van der Waals surface area contributed by atoms with Crippen molar-refractivity contribution in [3.05, 3.63) is 35.1 Å². The number of rotatable bonds is 6. The van der Waals surface area contributed by atoms with Gasteiger partial charge in [0.05, 0.1) is 0 Å². The molecule has 1 aromatic carbocycles. The summed E-state index contributed by atoms with van der Waals surface area (Å²) in [6.07, 6.45) is 4.45. The van der Waals surface area contributed by atoms with Crippen molar-refractivity contribution in [3.8, 4) is 0 Å². The molecule has 1 saturated carbocycles. The van der Waals surface area contributed by atoms with Crippen molar-refractivity contribution in [3.63, 3.8) is 0 Å². The number of aryl methyl sites for hydroxylation is 1. The van der Waals surface area contributed by atoms with Gasteiger partial charge >= 0.3 is 0 Å². The zero-order chi connectivity index (χ0) is 13.8. The summed E-state index contributed by atoms with van der Waals surface area (Å²) in [4.78, 5) is 14.2. The van der Waals surface area contributed by atoms with Crippen LogP contribution in [0.5, 0.6) is 0 Å². The van der Waals surface area contributed by atoms with Crippen LogP contribution in [0, 0.1) is 18.7 Å². The molecule has 0 radical (unpaired) electrons. The van der Waals surface area contributed by atoms with Gasteiger partial charge in [0.1, 0.15) is 5.82 Å². The molecule has 0 aromatic heterocycles. The summed E-state index contributed by atoms with van der Waals surface area (Å²) in [5.74, 6) is 0.546. The average Bonchev–Trinajstić information content (AvgIpc) is 2.34. The number of ketones is 1. The Morgan fingerprint density at radius 1 is 1.42 bits per heavy atom. The third-order valence-corrected chi connectivity index (χ3v) is 4.01. The number of Topliss-reactive ketones (excluding diaryl/α,β-unsaturated/α-hetero) is 1. The number of nitrogens with zero attached hydrogens (tertiary/aromatic N) is 1. The van der Waals surface area contributed by atoms with E-state index in [0.717, 1.165) is 19.0 Å². The molecule has 104 valence electrons. The topological polar surface area (TPSA) is 20.3 Å². The van der Waals surface area contributed by atoms with Gasteiger partial charge in [0.15, 0.2) is 5.78 Å². The first-order valence-corrected chi connectivity index (χ1v) is 7.04. The van der Waals surface area contributed by atoms with E-state index in [1.165, 1.54) is 25.3 Å². The van der Waals surface area contributed by atoms with Crippen LogP contribution < -0.4 is 0 Å². The summed E-state index contributed by atoms with van der Waals surface area (Å²) < 4.78 is 13.4. The molecule has 1 aromatic rings. The zero-order valence-corrected chi connectivity index (χ0v) is 11.8. The maximum atomic E-state index is 13.4. The summed E-state index contributed by atoms with van der Waals surface area (Å²) in [7, 11) is 2.06. The predicted octanol–water partition coefficient (Wildman–Crippen LogP) is 3.44. The van der Waals surface area contributed by atoms with Gasteiger partial charge in [0.25, 0.3) is 0 Å². The van der Waals surface area contributed by atoms with Crippen LogP contribution in [0.3, 0.4) is 0 Å². The highest BCUT2D eigenvalue weighted by atomic mass is 19.1. The quantitative estimate of drug-likeness (QED) is 0.733. The summed E-state index contributed by atoms with van der Waals surface area (Å²) >= 11 is 0. The van der Waals surface area contributed by atoms with E-state index in [1.807, 2.05) is 0 Å². The Bertz CT molecular complexity index is 454. The summed E-state index contributed by atoms with van der Waals surface area (Å²) in [5.41, 5.74) is 1.07. The molecule has 1 aliphatic rings. The first-order valence-electron chi connectivity index (χ1n) is 7.04. The lowest BCUT2D eigenvalue weighted by Crippen LogP contribution is -2.31. The molecule has 0 bridgehead atoms. The van der Waals surface area contributed by atoms with Gasteiger partial charge in [-0.3, -0.25) is 4.79 Å². The molecule has 2 rings (SSSR count). The van der Waals surface area contributed by atoms with E-state index in [-0.39, 0.29) is 11.6 Å². The molecular weight excluding hydrogens is 241 g/mol. The minimum absolute atomic E-state index is 0.0272. The number of carbonyl (C=O) groups excluding carboxylic acids is 1. The van der Waals surface area contributed by atoms with E-state index < -0.39 is 0 Å². The van der Waals surface area contributed by atoms with Gasteiger partial charge in [-0.2, -0.15) is 0 Å². The monoisotopic (exact) mass is 263 g/mol. The van der Waals surface area contributed by atoms with Gasteiger partial charge in [0, 0.05) is 25.1 Å². The van der Waals surface area contributed by atoms with Crippen molar-refractivity contribution < 1.29 is 9.18 Å². The van der Waals surface area contributed by atoms with Crippen LogP contribution in [0.25, 0.3) is 0 Å². The van der Waals surface area contributed by atoms with E-state index in [4.69, 9.17) is 0 Å². The van der Waals surface area contributed by atoms with Crippen molar-refractivity contribution in [2.24, 2.45) is 5.92 Å². The fourth-order valence-corrected chi connectivity index (χ4v) is 2.41. The number of carbonyl (C=O) groups is 1. The predicted molar refractivity (Wildman–Crippen MR) is 74.9 cm³/mol. The second kappa shape index (κ2) is 6.29. The molecule has 0 unspecified atom stereocenters. The first kappa shape index (κ1) is 14.2. The van der Waals surface area contributed by atoms with E-state index in [0.29, 0.717) is 17.5 Å². The van der Waals surface area contributed by atoms with Crippen molar-refractivity contribution in [2.75, 3.05) is 20.1 Å². The van der Waals surface area contributed by atoms with E-state index in [1.54, 1.807) is 19.1 Å². The molecule has 3 heteroatoms. The van der Waals surface area contributed by atoms with Crippen molar-refractivity contribution in [1.29, 1.82) is 0 Å². The minimum atomic E-state index is -0.298. The van der Waals surface area contributed by atoms with Crippen LogP contribution >= 0.6 is 0 Å².